The zero-order valence-corrected chi connectivity index (χ0v) is 21.4. The molecule has 0 spiro atoms. The number of nitrogens with zero attached hydrogens (tertiary/aromatic N) is 4. The van der Waals surface area contributed by atoms with Crippen molar-refractivity contribution in [2.24, 2.45) is 4.99 Å². The maximum absolute atomic E-state index is 6.12. The van der Waals surface area contributed by atoms with Crippen molar-refractivity contribution in [1.82, 2.24) is 20.3 Å². The van der Waals surface area contributed by atoms with Gasteiger partial charge in [-0.1, -0.05) is 35.8 Å². The topological polar surface area (TPSA) is 56.9 Å². The van der Waals surface area contributed by atoms with Crippen LogP contribution in [0.1, 0.15) is 42.3 Å². The van der Waals surface area contributed by atoms with E-state index in [1.165, 1.54) is 11.1 Å². The Bertz CT molecular complexity index is 813. The van der Waals surface area contributed by atoms with Gasteiger partial charge in [-0.15, -0.1) is 24.0 Å². The number of aryl methyl sites for hydroxylation is 2. The second-order valence-electron chi connectivity index (χ2n) is 7.73. The summed E-state index contributed by atoms with van der Waals surface area (Å²) in [5, 5.41) is 8.33. The van der Waals surface area contributed by atoms with Crippen LogP contribution in [0, 0.1) is 13.8 Å². The fraction of sp³-hybridized carbons (Fsp3) is 0.545. The van der Waals surface area contributed by atoms with Gasteiger partial charge in [0.1, 0.15) is 5.76 Å². The van der Waals surface area contributed by atoms with Gasteiger partial charge in [0.25, 0.3) is 0 Å². The zero-order chi connectivity index (χ0) is 20.8. The fourth-order valence-electron chi connectivity index (χ4n) is 3.95. The number of nitrogens with one attached hydrogen (secondary N) is 1. The largest absolute Gasteiger partial charge is 0.361 e. The van der Waals surface area contributed by atoms with Gasteiger partial charge in [0.15, 0.2) is 5.96 Å². The van der Waals surface area contributed by atoms with E-state index in [1.54, 1.807) is 0 Å². The Morgan fingerprint density at radius 2 is 2.00 bits per heavy atom. The average Bonchev–Trinajstić information content (AvgIpc) is 3.04. The molecule has 2 heterocycles. The summed E-state index contributed by atoms with van der Waals surface area (Å²) in [6.07, 6.45) is 0. The van der Waals surface area contributed by atoms with Gasteiger partial charge < -0.3 is 14.7 Å². The number of hydrogen-bond donors (Lipinski definition) is 1. The molecule has 0 amide bonds. The molecule has 1 fully saturated rings. The molecule has 0 aliphatic carbocycles. The summed E-state index contributed by atoms with van der Waals surface area (Å²) in [6, 6.07) is 8.13. The Labute approximate surface area is 202 Å². The molecule has 0 radical (unpaired) electrons. The van der Waals surface area contributed by atoms with Crippen molar-refractivity contribution in [2.75, 3.05) is 39.3 Å². The summed E-state index contributed by atoms with van der Waals surface area (Å²) >= 11 is 6.12. The smallest absolute Gasteiger partial charge is 0.194 e. The Kier molecular flexibility index (Phi) is 9.90. The van der Waals surface area contributed by atoms with Crippen LogP contribution < -0.4 is 5.32 Å². The Morgan fingerprint density at radius 3 is 2.60 bits per heavy atom. The van der Waals surface area contributed by atoms with E-state index in [0.29, 0.717) is 6.54 Å². The van der Waals surface area contributed by atoms with E-state index in [4.69, 9.17) is 21.1 Å². The van der Waals surface area contributed by atoms with Crippen molar-refractivity contribution in [3.05, 3.63) is 51.9 Å². The van der Waals surface area contributed by atoms with Crippen molar-refractivity contribution in [3.8, 4) is 0 Å². The monoisotopic (exact) mass is 545 g/mol. The van der Waals surface area contributed by atoms with Gasteiger partial charge in [0, 0.05) is 62.3 Å². The molecule has 2 aromatic rings. The van der Waals surface area contributed by atoms with Gasteiger partial charge in [0.05, 0.1) is 5.69 Å². The molecule has 30 heavy (non-hydrogen) atoms. The number of aromatic nitrogens is 1. The second-order valence-corrected chi connectivity index (χ2v) is 8.16. The van der Waals surface area contributed by atoms with E-state index >= 15 is 0 Å². The first kappa shape index (κ1) is 24.9. The van der Waals surface area contributed by atoms with Crippen LogP contribution in [0.3, 0.4) is 0 Å². The Balaban J connectivity index is 0.00000320. The van der Waals surface area contributed by atoms with Crippen molar-refractivity contribution in [1.29, 1.82) is 0 Å². The summed E-state index contributed by atoms with van der Waals surface area (Å²) in [4.78, 5) is 9.75. The van der Waals surface area contributed by atoms with Gasteiger partial charge in [-0.05, 0) is 38.5 Å². The minimum absolute atomic E-state index is 0. The third kappa shape index (κ3) is 6.59. The van der Waals surface area contributed by atoms with Gasteiger partial charge in [0.2, 0.25) is 0 Å². The van der Waals surface area contributed by atoms with E-state index in [-0.39, 0.29) is 29.9 Å². The number of benzene rings is 1. The average molecular weight is 546 g/mol. The molecule has 1 aliphatic rings. The number of piperazine rings is 1. The quantitative estimate of drug-likeness (QED) is 0.330. The number of hydrogen-bond acceptors (Lipinski definition) is 4. The third-order valence-electron chi connectivity index (χ3n) is 5.40. The van der Waals surface area contributed by atoms with Crippen LogP contribution in [0.2, 0.25) is 5.02 Å². The molecule has 1 saturated heterocycles. The molecule has 1 unspecified atom stereocenters. The molecule has 1 aromatic carbocycles. The molecule has 1 N–H and O–H groups in total. The number of halogens is 2. The molecule has 0 saturated carbocycles. The molecule has 1 aromatic heterocycles. The normalized spacial score (nSPS) is 16.3. The first-order valence-corrected chi connectivity index (χ1v) is 10.8. The Morgan fingerprint density at radius 1 is 1.27 bits per heavy atom. The van der Waals surface area contributed by atoms with E-state index in [2.05, 4.69) is 46.3 Å². The molecule has 8 heteroatoms. The number of rotatable bonds is 6. The SMILES string of the molecule is CCNC(=NCC(C)c1c(C)noc1C)N1CCN(Cc2cccc(Cl)c2)CC1.I. The van der Waals surface area contributed by atoms with Crippen molar-refractivity contribution in [2.45, 2.75) is 40.2 Å². The van der Waals surface area contributed by atoms with Crippen LogP contribution in [0.5, 0.6) is 0 Å². The van der Waals surface area contributed by atoms with E-state index in [0.717, 1.165) is 61.7 Å². The summed E-state index contributed by atoms with van der Waals surface area (Å²) in [5.74, 6) is 2.16. The van der Waals surface area contributed by atoms with Gasteiger partial charge in [-0.3, -0.25) is 9.89 Å². The molecule has 6 nitrogen and oxygen atoms in total. The third-order valence-corrected chi connectivity index (χ3v) is 5.63. The molecule has 166 valence electrons. The van der Waals surface area contributed by atoms with E-state index in [9.17, 15) is 0 Å². The minimum Gasteiger partial charge on any atom is -0.361 e. The lowest BCUT2D eigenvalue weighted by molar-refractivity contribution is 0.172. The summed E-state index contributed by atoms with van der Waals surface area (Å²) in [7, 11) is 0. The molecular weight excluding hydrogens is 513 g/mol. The molecule has 0 bridgehead atoms. The lowest BCUT2D eigenvalue weighted by atomic mass is 10.00. The number of aliphatic imine (C=N–C) groups is 1. The first-order chi connectivity index (χ1) is 14.0. The van der Waals surface area contributed by atoms with Gasteiger partial charge in [-0.2, -0.15) is 0 Å². The van der Waals surface area contributed by atoms with Gasteiger partial charge in [-0.25, -0.2) is 0 Å². The van der Waals surface area contributed by atoms with Crippen LogP contribution in [-0.2, 0) is 6.54 Å². The van der Waals surface area contributed by atoms with Crippen LogP contribution in [0.15, 0.2) is 33.8 Å². The minimum atomic E-state index is 0. The predicted octanol–water partition coefficient (Wildman–Crippen LogP) is 4.45. The van der Waals surface area contributed by atoms with Crippen LogP contribution in [-0.4, -0.2) is 60.2 Å². The summed E-state index contributed by atoms with van der Waals surface area (Å²) in [6.45, 7) is 14.7. The second kappa shape index (κ2) is 11.9. The maximum atomic E-state index is 6.12. The van der Waals surface area contributed by atoms with Gasteiger partial charge >= 0.3 is 0 Å². The van der Waals surface area contributed by atoms with Crippen LogP contribution in [0.25, 0.3) is 0 Å². The lowest BCUT2D eigenvalue weighted by Crippen LogP contribution is -2.52. The van der Waals surface area contributed by atoms with E-state index < -0.39 is 0 Å². The lowest BCUT2D eigenvalue weighted by Gasteiger charge is -2.36. The molecule has 1 atom stereocenters. The Hall–Kier alpha value is -1.32. The highest BCUT2D eigenvalue weighted by Crippen LogP contribution is 2.23. The summed E-state index contributed by atoms with van der Waals surface area (Å²) < 4.78 is 5.32. The zero-order valence-electron chi connectivity index (χ0n) is 18.3. The van der Waals surface area contributed by atoms with Crippen molar-refractivity contribution in [3.63, 3.8) is 0 Å². The fourth-order valence-corrected chi connectivity index (χ4v) is 4.16. The highest BCUT2D eigenvalue weighted by molar-refractivity contribution is 14.0. The van der Waals surface area contributed by atoms with E-state index in [1.807, 2.05) is 26.0 Å². The molecule has 1 aliphatic heterocycles. The molecule has 3 rings (SSSR count). The number of guanidine groups is 1. The highest BCUT2D eigenvalue weighted by Gasteiger charge is 2.21. The summed E-state index contributed by atoms with van der Waals surface area (Å²) in [5.41, 5.74) is 3.40. The molecular formula is C22H33ClIN5O. The van der Waals surface area contributed by atoms with Crippen molar-refractivity contribution >= 4 is 41.5 Å². The van der Waals surface area contributed by atoms with Crippen LogP contribution in [0.4, 0.5) is 0 Å². The highest BCUT2D eigenvalue weighted by atomic mass is 127. The standard InChI is InChI=1S/C22H32ClN5O.HI/c1-5-24-22(25-14-16(2)21-17(3)26-29-18(21)4)28-11-9-27(10-12-28)15-19-7-6-8-20(23)13-19;/h6-8,13,16H,5,9-12,14-15H2,1-4H3,(H,24,25);1H. The van der Waals surface area contributed by atoms with Crippen molar-refractivity contribution < 1.29 is 4.52 Å². The maximum Gasteiger partial charge on any atom is 0.194 e. The first-order valence-electron chi connectivity index (χ1n) is 10.4. The predicted molar refractivity (Wildman–Crippen MR) is 134 cm³/mol. The van der Waals surface area contributed by atoms with Crippen LogP contribution >= 0.6 is 35.6 Å².